The van der Waals surface area contributed by atoms with Gasteiger partial charge in [0.1, 0.15) is 5.70 Å². The summed E-state index contributed by atoms with van der Waals surface area (Å²) in [6.45, 7) is 5.46. The molecule has 2 aliphatic heterocycles. The van der Waals surface area contributed by atoms with Gasteiger partial charge in [-0.05, 0) is 31.7 Å². The second-order valence-corrected chi connectivity index (χ2v) is 6.31. The number of carbonyl (C=O) groups excluding carboxylic acids is 2. The average Bonchev–Trinajstić information content (AvgIpc) is 2.79. The van der Waals surface area contributed by atoms with E-state index in [2.05, 4.69) is 11.9 Å². The van der Waals surface area contributed by atoms with Crippen molar-refractivity contribution in [3.05, 3.63) is 40.5 Å². The van der Waals surface area contributed by atoms with Crippen molar-refractivity contribution in [1.29, 1.82) is 0 Å². The maximum absolute atomic E-state index is 12.7. The van der Waals surface area contributed by atoms with E-state index in [1.54, 1.807) is 24.3 Å². The minimum Gasteiger partial charge on any atom is -0.364 e. The van der Waals surface area contributed by atoms with E-state index in [-0.39, 0.29) is 11.8 Å². The molecule has 0 radical (unpaired) electrons. The van der Waals surface area contributed by atoms with Crippen LogP contribution in [0.4, 0.5) is 0 Å². The van der Waals surface area contributed by atoms with Gasteiger partial charge in [-0.25, -0.2) is 0 Å². The zero-order chi connectivity index (χ0) is 16.6. The molecule has 0 spiro atoms. The van der Waals surface area contributed by atoms with Gasteiger partial charge in [0.25, 0.3) is 11.8 Å². The fourth-order valence-corrected chi connectivity index (χ4v) is 3.18. The van der Waals surface area contributed by atoms with Crippen LogP contribution in [0.5, 0.6) is 0 Å². The van der Waals surface area contributed by atoms with Crippen LogP contribution in [0.25, 0.3) is 5.57 Å². The van der Waals surface area contributed by atoms with Gasteiger partial charge < -0.3 is 9.80 Å². The van der Waals surface area contributed by atoms with Crippen LogP contribution < -0.4 is 0 Å². The first-order valence-electron chi connectivity index (χ1n) is 7.82. The molecule has 2 aliphatic rings. The Bertz CT molecular complexity index is 661. The Labute approximate surface area is 141 Å². The number of piperazine rings is 1. The first kappa shape index (κ1) is 16.0. The quantitative estimate of drug-likeness (QED) is 0.790. The summed E-state index contributed by atoms with van der Waals surface area (Å²) in [6.07, 6.45) is 0. The third kappa shape index (κ3) is 2.86. The first-order valence-corrected chi connectivity index (χ1v) is 8.20. The van der Waals surface area contributed by atoms with Gasteiger partial charge in [0.15, 0.2) is 0 Å². The van der Waals surface area contributed by atoms with Gasteiger partial charge in [-0.15, -0.1) is 0 Å². The Morgan fingerprint density at radius 2 is 1.61 bits per heavy atom. The number of hydrogen-bond donors (Lipinski definition) is 0. The van der Waals surface area contributed by atoms with Gasteiger partial charge in [-0.2, -0.15) is 0 Å². The molecule has 0 aromatic heterocycles. The van der Waals surface area contributed by atoms with Crippen molar-refractivity contribution in [2.45, 2.75) is 6.92 Å². The highest BCUT2D eigenvalue weighted by molar-refractivity contribution is 6.36. The molecular weight excluding hydrogens is 314 g/mol. The molecule has 6 heteroatoms. The molecule has 3 rings (SSSR count). The number of rotatable bonds is 3. The minimum absolute atomic E-state index is 0.188. The lowest BCUT2D eigenvalue weighted by molar-refractivity contribution is -0.137. The topological polar surface area (TPSA) is 43.9 Å². The van der Waals surface area contributed by atoms with E-state index in [9.17, 15) is 9.59 Å². The summed E-state index contributed by atoms with van der Waals surface area (Å²) >= 11 is 5.95. The average molecular weight is 334 g/mol. The summed E-state index contributed by atoms with van der Waals surface area (Å²) in [5.74, 6) is -0.402. The molecule has 1 aromatic carbocycles. The maximum atomic E-state index is 12.7. The second kappa shape index (κ2) is 6.34. The largest absolute Gasteiger partial charge is 0.364 e. The molecule has 2 amide bonds. The summed E-state index contributed by atoms with van der Waals surface area (Å²) in [5, 5.41) is 0.611. The smallest absolute Gasteiger partial charge is 0.277 e. The molecular formula is C17H20ClN3O2. The summed E-state index contributed by atoms with van der Waals surface area (Å²) < 4.78 is 0. The number of carbonyl (C=O) groups is 2. The summed E-state index contributed by atoms with van der Waals surface area (Å²) in [6, 6.07) is 7.10. The monoisotopic (exact) mass is 333 g/mol. The van der Waals surface area contributed by atoms with Crippen molar-refractivity contribution in [3.63, 3.8) is 0 Å². The molecule has 1 saturated heterocycles. The Hall–Kier alpha value is -1.85. The number of hydrogen-bond acceptors (Lipinski definition) is 4. The number of benzene rings is 1. The lowest BCUT2D eigenvalue weighted by atomic mass is 10.0. The van der Waals surface area contributed by atoms with Gasteiger partial charge >= 0.3 is 0 Å². The van der Waals surface area contributed by atoms with E-state index in [0.717, 1.165) is 31.7 Å². The van der Waals surface area contributed by atoms with Crippen molar-refractivity contribution >= 4 is 29.0 Å². The second-order valence-electron chi connectivity index (χ2n) is 5.88. The fraction of sp³-hybridized carbons (Fsp3) is 0.412. The van der Waals surface area contributed by atoms with E-state index in [1.165, 1.54) is 4.90 Å². The molecule has 0 aliphatic carbocycles. The highest BCUT2D eigenvalue weighted by atomic mass is 35.5. The molecule has 0 atom stereocenters. The van der Waals surface area contributed by atoms with Crippen LogP contribution in [0.2, 0.25) is 5.02 Å². The van der Waals surface area contributed by atoms with Crippen LogP contribution in [-0.4, -0.2) is 66.3 Å². The van der Waals surface area contributed by atoms with Crippen molar-refractivity contribution in [1.82, 2.24) is 14.7 Å². The van der Waals surface area contributed by atoms with E-state index in [4.69, 9.17) is 11.6 Å². The predicted octanol–water partition coefficient (Wildman–Crippen LogP) is 1.69. The van der Waals surface area contributed by atoms with E-state index < -0.39 is 0 Å². The van der Waals surface area contributed by atoms with Gasteiger partial charge in [-0.3, -0.25) is 14.5 Å². The number of imide groups is 1. The Morgan fingerprint density at radius 3 is 2.17 bits per heavy atom. The van der Waals surface area contributed by atoms with E-state index >= 15 is 0 Å². The fourth-order valence-electron chi connectivity index (χ4n) is 3.05. The van der Waals surface area contributed by atoms with Gasteiger partial charge in [0, 0.05) is 37.7 Å². The maximum Gasteiger partial charge on any atom is 0.277 e. The first-order chi connectivity index (χ1) is 11.0. The molecule has 5 nitrogen and oxygen atoms in total. The van der Waals surface area contributed by atoms with Crippen LogP contribution in [0.1, 0.15) is 12.5 Å². The van der Waals surface area contributed by atoms with Crippen LogP contribution in [0, 0.1) is 0 Å². The molecule has 23 heavy (non-hydrogen) atoms. The van der Waals surface area contributed by atoms with E-state index in [1.807, 2.05) is 11.8 Å². The van der Waals surface area contributed by atoms with Gasteiger partial charge in [-0.1, -0.05) is 23.7 Å². The highest BCUT2D eigenvalue weighted by Crippen LogP contribution is 2.32. The van der Waals surface area contributed by atoms with Crippen molar-refractivity contribution in [3.8, 4) is 0 Å². The Kier molecular flexibility index (Phi) is 4.41. The van der Waals surface area contributed by atoms with Gasteiger partial charge in [0.05, 0.1) is 5.57 Å². The summed E-state index contributed by atoms with van der Waals surface area (Å²) in [4.78, 5) is 31.0. The SMILES string of the molecule is CCN1C(=O)C(c2ccc(Cl)cc2)=C(N2CCN(C)CC2)C1=O. The predicted molar refractivity (Wildman–Crippen MR) is 89.8 cm³/mol. The lowest BCUT2D eigenvalue weighted by Gasteiger charge is -2.34. The molecule has 2 heterocycles. The van der Waals surface area contributed by atoms with Crippen molar-refractivity contribution in [2.24, 2.45) is 0 Å². The number of likely N-dealkylation sites (N-methyl/N-ethyl adjacent to an activating group) is 2. The molecule has 0 bridgehead atoms. The molecule has 0 N–H and O–H groups in total. The van der Waals surface area contributed by atoms with Gasteiger partial charge in [0.2, 0.25) is 0 Å². The number of nitrogens with zero attached hydrogens (tertiary/aromatic N) is 3. The molecule has 0 unspecified atom stereocenters. The van der Waals surface area contributed by atoms with Crippen LogP contribution in [0.15, 0.2) is 30.0 Å². The molecule has 0 saturated carbocycles. The zero-order valence-corrected chi connectivity index (χ0v) is 14.1. The molecule has 122 valence electrons. The normalized spacial score (nSPS) is 20.0. The van der Waals surface area contributed by atoms with Crippen LogP contribution >= 0.6 is 11.6 Å². The number of halogens is 1. The standard InChI is InChI=1S/C17H20ClN3O2/c1-3-21-16(22)14(12-4-6-13(18)7-5-12)15(17(21)23)20-10-8-19(2)9-11-20/h4-7H,3,8-11H2,1-2H3. The highest BCUT2D eigenvalue weighted by Gasteiger charge is 2.41. The zero-order valence-electron chi connectivity index (χ0n) is 13.4. The summed E-state index contributed by atoms with van der Waals surface area (Å²) in [7, 11) is 2.06. The third-order valence-corrected chi connectivity index (χ3v) is 4.66. The Morgan fingerprint density at radius 1 is 1.00 bits per heavy atom. The van der Waals surface area contributed by atoms with Crippen LogP contribution in [-0.2, 0) is 9.59 Å². The van der Waals surface area contributed by atoms with Crippen molar-refractivity contribution in [2.75, 3.05) is 39.8 Å². The lowest BCUT2D eigenvalue weighted by Crippen LogP contribution is -2.46. The Balaban J connectivity index is 2.05. The minimum atomic E-state index is -0.214. The molecule has 1 fully saturated rings. The number of amides is 2. The van der Waals surface area contributed by atoms with Crippen LogP contribution in [0.3, 0.4) is 0 Å². The third-order valence-electron chi connectivity index (χ3n) is 4.41. The van der Waals surface area contributed by atoms with E-state index in [0.29, 0.717) is 22.8 Å². The molecule has 1 aromatic rings. The van der Waals surface area contributed by atoms with Crippen molar-refractivity contribution < 1.29 is 9.59 Å². The summed E-state index contributed by atoms with van der Waals surface area (Å²) in [5.41, 5.74) is 1.78.